The van der Waals surface area contributed by atoms with Crippen LogP contribution in [0, 0.1) is 0 Å². The van der Waals surface area contributed by atoms with E-state index in [0.29, 0.717) is 13.1 Å². The van der Waals surface area contributed by atoms with Gasteiger partial charge in [0, 0.05) is 29.0 Å². The van der Waals surface area contributed by atoms with Crippen LogP contribution in [0.5, 0.6) is 0 Å². The summed E-state index contributed by atoms with van der Waals surface area (Å²) < 4.78 is 1.61. The molecule has 0 spiro atoms. The number of nitrogens with one attached hydrogen (secondary N) is 2. The first-order valence-corrected chi connectivity index (χ1v) is 8.78. The molecule has 29 heavy (non-hydrogen) atoms. The van der Waals surface area contributed by atoms with Gasteiger partial charge in [0.1, 0.15) is 5.65 Å². The van der Waals surface area contributed by atoms with Crippen molar-refractivity contribution in [1.82, 2.24) is 35.0 Å². The van der Waals surface area contributed by atoms with Gasteiger partial charge in [-0.15, -0.1) is 0 Å². The van der Waals surface area contributed by atoms with E-state index in [9.17, 15) is 4.79 Å². The van der Waals surface area contributed by atoms with Crippen LogP contribution >= 0.6 is 0 Å². The molecule has 0 saturated heterocycles. The molecule has 0 radical (unpaired) electrons. The third-order valence-electron chi connectivity index (χ3n) is 4.12. The number of aromatic nitrogens is 5. The van der Waals surface area contributed by atoms with Crippen LogP contribution in [0.1, 0.15) is 5.69 Å². The Hall–Kier alpha value is -3.79. The standard InChI is InChI=1S/C18H19N7O.CH2O2/c1-24(2)11-17(26)20-9-12-8-14-13(5-7-19-18(14)23-12)15-10-22-25-16(15)4-3-6-21-25;2-1-3/h3-8,10H,9,11H2,1-2H3,(H,19,23)(H,20,26);1H,(H,2,3). The molecule has 0 saturated carbocycles. The average molecular weight is 395 g/mol. The van der Waals surface area contributed by atoms with Crippen molar-refractivity contribution >= 4 is 28.9 Å². The average Bonchev–Trinajstić information content (AvgIpc) is 3.30. The third-order valence-corrected chi connectivity index (χ3v) is 4.12. The van der Waals surface area contributed by atoms with E-state index in [4.69, 9.17) is 9.90 Å². The van der Waals surface area contributed by atoms with Gasteiger partial charge in [-0.1, -0.05) is 0 Å². The van der Waals surface area contributed by atoms with Gasteiger partial charge in [0.2, 0.25) is 5.91 Å². The molecule has 0 fully saturated rings. The molecule has 0 aliphatic carbocycles. The molecule has 4 aromatic heterocycles. The van der Waals surface area contributed by atoms with E-state index in [1.54, 1.807) is 17.0 Å². The number of H-pyrrole nitrogens is 1. The smallest absolute Gasteiger partial charge is 0.290 e. The van der Waals surface area contributed by atoms with Gasteiger partial charge in [-0.2, -0.15) is 14.8 Å². The normalized spacial score (nSPS) is 10.7. The second kappa shape index (κ2) is 8.93. The van der Waals surface area contributed by atoms with Crippen LogP contribution in [-0.4, -0.2) is 67.8 Å². The first-order valence-electron chi connectivity index (χ1n) is 8.78. The Kier molecular flexibility index (Phi) is 6.15. The van der Waals surface area contributed by atoms with Crippen LogP contribution in [0.4, 0.5) is 0 Å². The number of hydrogen-bond acceptors (Lipinski definition) is 6. The van der Waals surface area contributed by atoms with Crippen molar-refractivity contribution in [2.24, 2.45) is 0 Å². The molecule has 0 unspecified atom stereocenters. The maximum Gasteiger partial charge on any atom is 0.290 e. The van der Waals surface area contributed by atoms with Crippen LogP contribution in [-0.2, 0) is 16.1 Å². The molecule has 0 atom stereocenters. The number of fused-ring (bicyclic) bond motifs is 2. The fraction of sp³-hybridized carbons (Fsp3) is 0.211. The molecule has 0 aromatic carbocycles. The molecule has 1 amide bonds. The van der Waals surface area contributed by atoms with E-state index in [0.717, 1.165) is 33.4 Å². The van der Waals surface area contributed by atoms with E-state index >= 15 is 0 Å². The minimum atomic E-state index is -0.250. The number of hydrogen-bond donors (Lipinski definition) is 3. The quantitative estimate of drug-likeness (QED) is 0.432. The number of nitrogens with zero attached hydrogens (tertiary/aromatic N) is 5. The van der Waals surface area contributed by atoms with Crippen molar-refractivity contribution in [2.45, 2.75) is 6.54 Å². The highest BCUT2D eigenvalue weighted by Gasteiger charge is 2.13. The molecule has 0 bridgehead atoms. The minimum absolute atomic E-state index is 0.0180. The fourth-order valence-corrected chi connectivity index (χ4v) is 2.99. The molecule has 4 aromatic rings. The summed E-state index contributed by atoms with van der Waals surface area (Å²) in [6.45, 7) is 0.540. The fourth-order valence-electron chi connectivity index (χ4n) is 2.99. The van der Waals surface area contributed by atoms with Gasteiger partial charge in [-0.25, -0.2) is 4.98 Å². The molecule has 3 N–H and O–H groups in total. The number of carbonyl (C=O) groups excluding carboxylic acids is 1. The Morgan fingerprint density at radius 1 is 1.28 bits per heavy atom. The van der Waals surface area contributed by atoms with Gasteiger partial charge in [0.15, 0.2) is 0 Å². The first kappa shape index (κ1) is 20.0. The first-order chi connectivity index (χ1) is 14.0. The molecule has 0 aliphatic rings. The lowest BCUT2D eigenvalue weighted by Gasteiger charge is -2.09. The van der Waals surface area contributed by atoms with Gasteiger partial charge < -0.3 is 20.3 Å². The second-order valence-corrected chi connectivity index (χ2v) is 6.49. The topological polar surface area (TPSA) is 129 Å². The minimum Gasteiger partial charge on any atom is -0.483 e. The highest BCUT2D eigenvalue weighted by Crippen LogP contribution is 2.30. The molecule has 4 rings (SSSR count). The van der Waals surface area contributed by atoms with Crippen LogP contribution < -0.4 is 5.32 Å². The van der Waals surface area contributed by atoms with E-state index in [-0.39, 0.29) is 12.4 Å². The molecular formula is C19H21N7O3. The van der Waals surface area contributed by atoms with Crippen LogP contribution in [0.15, 0.2) is 42.9 Å². The second-order valence-electron chi connectivity index (χ2n) is 6.49. The monoisotopic (exact) mass is 395 g/mol. The summed E-state index contributed by atoms with van der Waals surface area (Å²) in [4.78, 5) is 29.7. The SMILES string of the molecule is CN(C)CC(=O)NCc1cc2c(-c3cnn4ncccc34)ccnc2[nH]1.O=CO. The number of carboxylic acid groups (broad SMARTS) is 1. The summed E-state index contributed by atoms with van der Waals surface area (Å²) in [7, 11) is 3.73. The summed E-state index contributed by atoms with van der Waals surface area (Å²) in [5.74, 6) is -0.0180. The largest absolute Gasteiger partial charge is 0.483 e. The summed E-state index contributed by atoms with van der Waals surface area (Å²) in [5, 5.41) is 19.3. The summed E-state index contributed by atoms with van der Waals surface area (Å²) in [6, 6.07) is 7.86. The lowest BCUT2D eigenvalue weighted by molar-refractivity contribution is -0.123. The van der Waals surface area contributed by atoms with Crippen LogP contribution in [0.3, 0.4) is 0 Å². The predicted octanol–water partition coefficient (Wildman–Crippen LogP) is 1.15. The molecule has 4 heterocycles. The Morgan fingerprint density at radius 2 is 2.07 bits per heavy atom. The van der Waals surface area contributed by atoms with E-state index < -0.39 is 0 Å². The number of aromatic amines is 1. The van der Waals surface area contributed by atoms with Crippen molar-refractivity contribution in [1.29, 1.82) is 0 Å². The number of pyridine rings is 1. The van der Waals surface area contributed by atoms with Gasteiger partial charge in [0.25, 0.3) is 6.47 Å². The van der Waals surface area contributed by atoms with E-state index in [1.807, 2.05) is 49.5 Å². The molecular weight excluding hydrogens is 374 g/mol. The zero-order chi connectivity index (χ0) is 20.8. The lowest BCUT2D eigenvalue weighted by atomic mass is 10.1. The van der Waals surface area contributed by atoms with Gasteiger partial charge >= 0.3 is 0 Å². The number of amides is 1. The maximum atomic E-state index is 11.8. The van der Waals surface area contributed by atoms with Gasteiger partial charge in [-0.05, 0) is 43.9 Å². The summed E-state index contributed by atoms with van der Waals surface area (Å²) >= 11 is 0. The zero-order valence-electron chi connectivity index (χ0n) is 16.0. The molecule has 10 heteroatoms. The Balaban J connectivity index is 0.000000755. The number of carbonyl (C=O) groups is 2. The lowest BCUT2D eigenvalue weighted by Crippen LogP contribution is -2.32. The van der Waals surface area contributed by atoms with E-state index in [1.165, 1.54) is 0 Å². The summed E-state index contributed by atoms with van der Waals surface area (Å²) in [5.41, 5.74) is 4.64. The van der Waals surface area contributed by atoms with Gasteiger partial charge in [-0.3, -0.25) is 9.59 Å². The highest BCUT2D eigenvalue weighted by atomic mass is 16.3. The van der Waals surface area contributed by atoms with Gasteiger partial charge in [0.05, 0.1) is 24.8 Å². The van der Waals surface area contributed by atoms with Crippen molar-refractivity contribution in [2.75, 3.05) is 20.6 Å². The number of rotatable bonds is 5. The highest BCUT2D eigenvalue weighted by molar-refractivity contribution is 5.97. The Morgan fingerprint density at radius 3 is 2.83 bits per heavy atom. The Bertz CT molecular complexity index is 1130. The van der Waals surface area contributed by atoms with Crippen LogP contribution in [0.2, 0.25) is 0 Å². The Labute approximate surface area is 166 Å². The summed E-state index contributed by atoms with van der Waals surface area (Å²) in [6.07, 6.45) is 5.28. The van der Waals surface area contributed by atoms with Crippen molar-refractivity contribution in [3.63, 3.8) is 0 Å². The maximum absolute atomic E-state index is 11.8. The zero-order valence-corrected chi connectivity index (χ0v) is 16.0. The molecule has 0 aliphatic heterocycles. The molecule has 10 nitrogen and oxygen atoms in total. The van der Waals surface area contributed by atoms with E-state index in [2.05, 4.69) is 25.5 Å². The van der Waals surface area contributed by atoms with Crippen molar-refractivity contribution in [3.05, 3.63) is 48.5 Å². The number of likely N-dealkylation sites (N-methyl/N-ethyl adjacent to an activating group) is 1. The third kappa shape index (κ3) is 4.55. The van der Waals surface area contributed by atoms with Crippen LogP contribution in [0.25, 0.3) is 27.7 Å². The van der Waals surface area contributed by atoms with Crippen molar-refractivity contribution < 1.29 is 14.7 Å². The molecule has 150 valence electrons. The predicted molar refractivity (Wildman–Crippen MR) is 107 cm³/mol. The van der Waals surface area contributed by atoms with Crippen molar-refractivity contribution in [3.8, 4) is 11.1 Å².